The van der Waals surface area contributed by atoms with E-state index in [1.165, 1.54) is 4.68 Å². The van der Waals surface area contributed by atoms with E-state index >= 15 is 0 Å². The molecule has 2 N–H and O–H groups in total. The molecular weight excluding hydrogens is 433 g/mol. The molecule has 11 heteroatoms. The Morgan fingerprint density at radius 3 is 2.50 bits per heavy atom. The molecule has 2 aromatic heterocycles. The average Bonchev–Trinajstić information content (AvgIpc) is 3.16. The van der Waals surface area contributed by atoms with Crippen molar-refractivity contribution in [3.8, 4) is 11.6 Å². The molecule has 4 rings (SSSR count). The highest BCUT2D eigenvalue weighted by atomic mass is 35.5. The zero-order chi connectivity index (χ0) is 21.3. The minimum atomic E-state index is -0.639. The molecule has 154 valence electrons. The van der Waals surface area contributed by atoms with Crippen molar-refractivity contribution in [2.45, 2.75) is 20.0 Å². The zero-order valence-corrected chi connectivity index (χ0v) is 17.1. The highest BCUT2D eigenvalue weighted by molar-refractivity contribution is 6.37. The Kier molecular flexibility index (Phi) is 5.47. The number of ether oxygens (including phenoxy) is 1. The van der Waals surface area contributed by atoms with Crippen LogP contribution in [0.1, 0.15) is 12.8 Å². The summed E-state index contributed by atoms with van der Waals surface area (Å²) >= 11 is 12.8. The first-order valence-corrected chi connectivity index (χ1v) is 9.67. The second kappa shape index (κ2) is 8.21. The van der Waals surface area contributed by atoms with Crippen molar-refractivity contribution in [3.05, 3.63) is 73.2 Å². The molecule has 2 aromatic carbocycles. The molecule has 4 aromatic rings. The van der Waals surface area contributed by atoms with Gasteiger partial charge in [0.2, 0.25) is 11.8 Å². The number of benzene rings is 2. The SMILES string of the molecule is CCn1nc(Oc2c(Cl)cc(NCc3n[nH]c(=O)o3)cc2Cl)c2ccccc2c1=O. The highest BCUT2D eigenvalue weighted by Gasteiger charge is 2.16. The summed E-state index contributed by atoms with van der Waals surface area (Å²) in [5.74, 6) is -0.0335. The smallest absolute Gasteiger partial charge is 0.434 e. The number of hydrogen-bond donors (Lipinski definition) is 2. The molecule has 0 atom stereocenters. The van der Waals surface area contributed by atoms with Crippen molar-refractivity contribution in [3.63, 3.8) is 0 Å². The van der Waals surface area contributed by atoms with Crippen molar-refractivity contribution in [2.75, 3.05) is 5.32 Å². The van der Waals surface area contributed by atoms with Crippen molar-refractivity contribution in [1.82, 2.24) is 20.0 Å². The largest absolute Gasteiger partial charge is 0.434 e. The summed E-state index contributed by atoms with van der Waals surface area (Å²) in [7, 11) is 0. The minimum Gasteiger partial charge on any atom is -0.434 e. The standard InChI is InChI=1S/C19H15Cl2N5O4/c1-2-26-18(27)12-6-4-3-5-11(12)17(25-26)30-16-13(20)7-10(8-14(16)21)22-9-15-23-24-19(28)29-15/h3-8,22H,2,9H2,1H3,(H,24,28). The summed E-state index contributed by atoms with van der Waals surface area (Å²) in [6, 6.07) is 10.2. The van der Waals surface area contributed by atoms with Gasteiger partial charge in [-0.1, -0.05) is 35.3 Å². The second-order valence-electron chi connectivity index (χ2n) is 6.20. The number of hydrogen-bond acceptors (Lipinski definition) is 7. The number of fused-ring (bicyclic) bond motifs is 1. The summed E-state index contributed by atoms with van der Waals surface area (Å²) < 4.78 is 12.1. The third kappa shape index (κ3) is 3.89. The van der Waals surface area contributed by atoms with E-state index in [-0.39, 0.29) is 39.7 Å². The number of aromatic nitrogens is 4. The molecule has 0 unspecified atom stereocenters. The van der Waals surface area contributed by atoms with Crippen molar-refractivity contribution in [2.24, 2.45) is 0 Å². The molecule has 0 amide bonds. The van der Waals surface area contributed by atoms with Crippen LogP contribution >= 0.6 is 23.2 Å². The van der Waals surface area contributed by atoms with Gasteiger partial charge in [-0.05, 0) is 31.2 Å². The van der Waals surface area contributed by atoms with Gasteiger partial charge in [0.05, 0.1) is 27.4 Å². The van der Waals surface area contributed by atoms with Crippen LogP contribution in [-0.4, -0.2) is 20.0 Å². The van der Waals surface area contributed by atoms with E-state index in [1.54, 1.807) is 36.4 Å². The van der Waals surface area contributed by atoms with Gasteiger partial charge >= 0.3 is 5.76 Å². The van der Waals surface area contributed by atoms with Crippen LogP contribution in [-0.2, 0) is 13.1 Å². The van der Waals surface area contributed by atoms with Crippen LogP contribution in [0.5, 0.6) is 11.6 Å². The fourth-order valence-corrected chi connectivity index (χ4v) is 3.43. The Morgan fingerprint density at radius 1 is 1.17 bits per heavy atom. The lowest BCUT2D eigenvalue weighted by Crippen LogP contribution is -2.22. The molecule has 30 heavy (non-hydrogen) atoms. The maximum absolute atomic E-state index is 12.5. The predicted octanol–water partition coefficient (Wildman–Crippen LogP) is 3.80. The van der Waals surface area contributed by atoms with Gasteiger partial charge in [0.1, 0.15) is 0 Å². The van der Waals surface area contributed by atoms with E-state index in [1.807, 2.05) is 6.92 Å². The first-order chi connectivity index (χ1) is 14.5. The van der Waals surface area contributed by atoms with Crippen molar-refractivity contribution >= 4 is 39.7 Å². The number of nitrogens with one attached hydrogen (secondary N) is 2. The summed E-state index contributed by atoms with van der Waals surface area (Å²) in [4.78, 5) is 23.5. The highest BCUT2D eigenvalue weighted by Crippen LogP contribution is 2.39. The number of rotatable bonds is 6. The van der Waals surface area contributed by atoms with Crippen LogP contribution in [0, 0.1) is 0 Å². The van der Waals surface area contributed by atoms with Gasteiger partial charge in [-0.25, -0.2) is 14.6 Å². The first-order valence-electron chi connectivity index (χ1n) is 8.91. The van der Waals surface area contributed by atoms with Crippen molar-refractivity contribution < 1.29 is 9.15 Å². The fraction of sp³-hybridized carbons (Fsp3) is 0.158. The van der Waals surface area contributed by atoms with Gasteiger partial charge in [-0.3, -0.25) is 4.79 Å². The third-order valence-electron chi connectivity index (χ3n) is 4.26. The zero-order valence-electron chi connectivity index (χ0n) is 15.6. The Hall–Kier alpha value is -3.30. The molecule has 2 heterocycles. The van der Waals surface area contributed by atoms with Crippen molar-refractivity contribution in [1.29, 1.82) is 0 Å². The molecule has 0 aliphatic rings. The molecule has 0 fully saturated rings. The number of H-pyrrole nitrogens is 1. The molecule has 0 saturated carbocycles. The summed E-state index contributed by atoms with van der Waals surface area (Å²) in [5, 5.41) is 14.7. The Bertz CT molecular complexity index is 1320. The van der Waals surface area contributed by atoms with E-state index < -0.39 is 5.76 Å². The lowest BCUT2D eigenvalue weighted by molar-refractivity contribution is 0.440. The van der Waals surface area contributed by atoms with E-state index in [2.05, 4.69) is 20.6 Å². The number of anilines is 1. The van der Waals surface area contributed by atoms with Crippen LogP contribution < -0.4 is 21.4 Å². The quantitative estimate of drug-likeness (QED) is 0.461. The molecule has 0 bridgehead atoms. The lowest BCUT2D eigenvalue weighted by Gasteiger charge is -2.14. The number of halogens is 2. The second-order valence-corrected chi connectivity index (χ2v) is 7.02. The Morgan fingerprint density at radius 2 is 1.87 bits per heavy atom. The Balaban J connectivity index is 1.66. The normalized spacial score (nSPS) is 11.0. The molecule has 0 spiro atoms. The summed E-state index contributed by atoms with van der Waals surface area (Å²) in [6.45, 7) is 2.35. The van der Waals surface area contributed by atoms with E-state index in [0.717, 1.165) is 0 Å². The van der Waals surface area contributed by atoms with Crippen LogP contribution in [0.2, 0.25) is 10.0 Å². The van der Waals surface area contributed by atoms with Gasteiger partial charge in [-0.15, -0.1) is 10.2 Å². The number of nitrogens with zero attached hydrogens (tertiary/aromatic N) is 3. The molecule has 0 saturated heterocycles. The van der Waals surface area contributed by atoms with E-state index in [4.69, 9.17) is 32.4 Å². The fourth-order valence-electron chi connectivity index (χ4n) is 2.86. The summed E-state index contributed by atoms with van der Waals surface area (Å²) in [5.41, 5.74) is 0.363. The molecule has 0 aliphatic carbocycles. The van der Waals surface area contributed by atoms with Gasteiger partial charge in [-0.2, -0.15) is 0 Å². The van der Waals surface area contributed by atoms with Crippen LogP contribution in [0.25, 0.3) is 10.8 Å². The predicted molar refractivity (Wildman–Crippen MR) is 113 cm³/mol. The lowest BCUT2D eigenvalue weighted by atomic mass is 10.2. The van der Waals surface area contributed by atoms with Gasteiger partial charge in [0.15, 0.2) is 5.75 Å². The maximum Gasteiger partial charge on any atom is 0.434 e. The van der Waals surface area contributed by atoms with Crippen LogP contribution in [0.15, 0.2) is 50.4 Å². The van der Waals surface area contributed by atoms with Crippen LogP contribution in [0.4, 0.5) is 5.69 Å². The topological polar surface area (TPSA) is 115 Å². The molecule has 0 radical (unpaired) electrons. The Labute approximate surface area is 179 Å². The minimum absolute atomic E-state index is 0.152. The monoisotopic (exact) mass is 447 g/mol. The number of aromatic amines is 1. The summed E-state index contributed by atoms with van der Waals surface area (Å²) in [6.07, 6.45) is 0. The molecule has 9 nitrogen and oxygen atoms in total. The average molecular weight is 448 g/mol. The molecular formula is C19H15Cl2N5O4. The van der Waals surface area contributed by atoms with Gasteiger partial charge in [0, 0.05) is 12.2 Å². The third-order valence-corrected chi connectivity index (χ3v) is 4.82. The maximum atomic E-state index is 12.5. The van der Waals surface area contributed by atoms with E-state index in [9.17, 15) is 9.59 Å². The van der Waals surface area contributed by atoms with Gasteiger partial charge in [0.25, 0.3) is 5.56 Å². The number of aryl methyl sites for hydroxylation is 1. The van der Waals surface area contributed by atoms with Crippen LogP contribution in [0.3, 0.4) is 0 Å². The van der Waals surface area contributed by atoms with Gasteiger partial charge < -0.3 is 14.5 Å². The van der Waals surface area contributed by atoms with E-state index in [0.29, 0.717) is 23.0 Å². The molecule has 0 aliphatic heterocycles. The first kappa shape index (κ1) is 20.0.